The zero-order chi connectivity index (χ0) is 30.5. The van der Waals surface area contributed by atoms with Gasteiger partial charge in [-0.15, -0.1) is 0 Å². The van der Waals surface area contributed by atoms with Crippen molar-refractivity contribution >= 4 is 17.6 Å². The van der Waals surface area contributed by atoms with Crippen LogP contribution in [0.15, 0.2) is 36.7 Å². The number of aromatic nitrogens is 2. The van der Waals surface area contributed by atoms with Gasteiger partial charge in [-0.2, -0.15) is 0 Å². The molecule has 2 aromatic heterocycles. The Labute approximate surface area is 256 Å². The standard InChI is InChI=1S/C30H54N4O6Si2/c1-7-35-41(36-8-2,37-9-3)21-13-17-31-25-27-15-19-33-29(23-27)30-24-28(16-20-34-30)26-32-18-14-22-42(38-10-4,39-11-5)40-12-6/h15-16,19-20,23-24,31-32H,7-14,17-18,21-22,25-26H2,1-6H3. The van der Waals surface area contributed by atoms with Crippen LogP contribution >= 0.6 is 0 Å². The highest BCUT2D eigenvalue weighted by molar-refractivity contribution is 6.61. The number of rotatable bonds is 25. The van der Waals surface area contributed by atoms with Gasteiger partial charge in [0.05, 0.1) is 11.4 Å². The second kappa shape index (κ2) is 21.2. The SMILES string of the molecule is CCO[Si](CCCNCc1ccnc(-c2cc(CNCCC[Si](OCC)(OCC)OCC)ccn2)c1)(OCC)OCC. The molecule has 0 aliphatic carbocycles. The average Bonchev–Trinajstić information content (AvgIpc) is 2.98. The predicted octanol–water partition coefficient (Wildman–Crippen LogP) is 5.20. The Kier molecular flexibility index (Phi) is 18.5. The molecule has 2 heterocycles. The summed E-state index contributed by atoms with van der Waals surface area (Å²) in [5.41, 5.74) is 4.07. The number of nitrogens with zero attached hydrogens (tertiary/aromatic N) is 2. The zero-order valence-corrected chi connectivity index (χ0v) is 28.7. The van der Waals surface area contributed by atoms with E-state index >= 15 is 0 Å². The maximum atomic E-state index is 5.96. The number of hydrogen-bond donors (Lipinski definition) is 2. The summed E-state index contributed by atoms with van der Waals surface area (Å²) in [6.45, 7) is 18.7. The topological polar surface area (TPSA) is 105 Å². The van der Waals surface area contributed by atoms with Gasteiger partial charge in [-0.3, -0.25) is 9.97 Å². The number of nitrogens with one attached hydrogen (secondary N) is 2. The van der Waals surface area contributed by atoms with Gasteiger partial charge in [-0.05, 0) is 103 Å². The van der Waals surface area contributed by atoms with Gasteiger partial charge in [-0.1, -0.05) is 0 Å². The van der Waals surface area contributed by atoms with E-state index in [0.717, 1.165) is 62.5 Å². The maximum Gasteiger partial charge on any atom is 0.500 e. The Morgan fingerprint density at radius 3 is 1.19 bits per heavy atom. The van der Waals surface area contributed by atoms with Crippen LogP contribution in [0.2, 0.25) is 12.1 Å². The minimum absolute atomic E-state index is 0.601. The summed E-state index contributed by atoms with van der Waals surface area (Å²) in [6.07, 6.45) is 5.54. The molecule has 12 heteroatoms. The Morgan fingerprint density at radius 2 is 0.881 bits per heavy atom. The summed E-state index contributed by atoms with van der Waals surface area (Å²) >= 11 is 0. The first kappa shape index (κ1) is 36.6. The summed E-state index contributed by atoms with van der Waals surface area (Å²) in [5, 5.41) is 7.08. The van der Waals surface area contributed by atoms with Crippen LogP contribution in [-0.2, 0) is 39.6 Å². The van der Waals surface area contributed by atoms with E-state index in [1.165, 1.54) is 11.1 Å². The summed E-state index contributed by atoms with van der Waals surface area (Å²) in [5.74, 6) is 0. The number of hydrogen-bond acceptors (Lipinski definition) is 10. The van der Waals surface area contributed by atoms with E-state index in [4.69, 9.17) is 26.6 Å². The summed E-state index contributed by atoms with van der Waals surface area (Å²) < 4.78 is 35.8. The average molecular weight is 623 g/mol. The first-order valence-corrected chi connectivity index (χ1v) is 19.5. The quantitative estimate of drug-likeness (QED) is 0.113. The fraction of sp³-hybridized carbons (Fsp3) is 0.667. The van der Waals surface area contributed by atoms with Gasteiger partial charge in [0.1, 0.15) is 0 Å². The van der Waals surface area contributed by atoms with Crippen molar-refractivity contribution in [2.24, 2.45) is 0 Å². The van der Waals surface area contributed by atoms with E-state index in [0.29, 0.717) is 39.6 Å². The minimum Gasteiger partial charge on any atom is -0.374 e. The molecule has 42 heavy (non-hydrogen) atoms. The van der Waals surface area contributed by atoms with Crippen LogP contribution in [0.25, 0.3) is 11.4 Å². The van der Waals surface area contributed by atoms with Crippen molar-refractivity contribution in [2.45, 2.75) is 79.6 Å². The summed E-state index contributed by atoms with van der Waals surface area (Å²) in [4.78, 5) is 9.17. The molecular weight excluding hydrogens is 569 g/mol. The predicted molar refractivity (Wildman–Crippen MR) is 171 cm³/mol. The van der Waals surface area contributed by atoms with Crippen molar-refractivity contribution in [3.05, 3.63) is 47.8 Å². The second-order valence-corrected chi connectivity index (χ2v) is 15.1. The third-order valence-corrected chi connectivity index (χ3v) is 12.7. The molecule has 238 valence electrons. The van der Waals surface area contributed by atoms with Gasteiger partial charge in [0.25, 0.3) is 0 Å². The lowest BCUT2D eigenvalue weighted by Gasteiger charge is -2.28. The van der Waals surface area contributed by atoms with Crippen molar-refractivity contribution in [2.75, 3.05) is 52.7 Å². The highest BCUT2D eigenvalue weighted by Crippen LogP contribution is 2.20. The largest absolute Gasteiger partial charge is 0.500 e. The van der Waals surface area contributed by atoms with Gasteiger partial charge in [0, 0.05) is 77.2 Å². The van der Waals surface area contributed by atoms with E-state index in [-0.39, 0.29) is 0 Å². The van der Waals surface area contributed by atoms with Crippen LogP contribution in [0.4, 0.5) is 0 Å². The van der Waals surface area contributed by atoms with Crippen molar-refractivity contribution < 1.29 is 26.6 Å². The van der Waals surface area contributed by atoms with Gasteiger partial charge in [0.2, 0.25) is 0 Å². The Morgan fingerprint density at radius 1 is 0.548 bits per heavy atom. The molecule has 0 atom stereocenters. The van der Waals surface area contributed by atoms with Gasteiger partial charge >= 0.3 is 17.6 Å². The van der Waals surface area contributed by atoms with Crippen LogP contribution in [0.3, 0.4) is 0 Å². The Hall–Kier alpha value is -1.59. The molecule has 0 aliphatic rings. The zero-order valence-electron chi connectivity index (χ0n) is 26.7. The van der Waals surface area contributed by atoms with Gasteiger partial charge in [0.15, 0.2) is 0 Å². The Bertz CT molecular complexity index is 879. The third-order valence-electron chi connectivity index (χ3n) is 6.43. The van der Waals surface area contributed by atoms with Gasteiger partial charge in [-0.25, -0.2) is 0 Å². The van der Waals surface area contributed by atoms with Crippen molar-refractivity contribution in [3.8, 4) is 11.4 Å². The van der Waals surface area contributed by atoms with Crippen LogP contribution in [0, 0.1) is 0 Å². The van der Waals surface area contributed by atoms with Crippen LogP contribution < -0.4 is 10.6 Å². The molecule has 2 aromatic rings. The number of pyridine rings is 2. The molecule has 10 nitrogen and oxygen atoms in total. The van der Waals surface area contributed by atoms with Crippen molar-refractivity contribution in [1.82, 2.24) is 20.6 Å². The first-order valence-electron chi connectivity index (χ1n) is 15.6. The van der Waals surface area contributed by atoms with E-state index in [1.807, 2.05) is 66.1 Å². The van der Waals surface area contributed by atoms with Crippen molar-refractivity contribution in [3.63, 3.8) is 0 Å². The monoisotopic (exact) mass is 622 g/mol. The summed E-state index contributed by atoms with van der Waals surface area (Å²) in [6, 6.07) is 9.89. The molecule has 0 spiro atoms. The lowest BCUT2D eigenvalue weighted by Crippen LogP contribution is -2.46. The molecule has 2 N–H and O–H groups in total. The maximum absolute atomic E-state index is 5.96. The molecule has 0 bridgehead atoms. The second-order valence-electron chi connectivity index (χ2n) is 9.62. The summed E-state index contributed by atoms with van der Waals surface area (Å²) in [7, 11) is -5.19. The molecule has 0 saturated heterocycles. The van der Waals surface area contributed by atoms with Crippen LogP contribution in [0.5, 0.6) is 0 Å². The van der Waals surface area contributed by atoms with E-state index in [2.05, 4.69) is 32.7 Å². The molecule has 0 aromatic carbocycles. The molecule has 0 saturated carbocycles. The molecule has 0 amide bonds. The van der Waals surface area contributed by atoms with E-state index < -0.39 is 17.6 Å². The fourth-order valence-electron chi connectivity index (χ4n) is 4.78. The molecular formula is C30H54N4O6Si2. The highest BCUT2D eigenvalue weighted by Gasteiger charge is 2.40. The Balaban J connectivity index is 1.85. The highest BCUT2D eigenvalue weighted by atomic mass is 28.4. The van der Waals surface area contributed by atoms with E-state index in [9.17, 15) is 0 Å². The van der Waals surface area contributed by atoms with E-state index in [1.54, 1.807) is 0 Å². The minimum atomic E-state index is -2.60. The molecule has 2 rings (SSSR count). The van der Waals surface area contributed by atoms with Crippen molar-refractivity contribution in [1.29, 1.82) is 0 Å². The lowest BCUT2D eigenvalue weighted by atomic mass is 10.1. The van der Waals surface area contributed by atoms with Gasteiger partial charge < -0.3 is 37.2 Å². The third kappa shape index (κ3) is 13.0. The smallest absolute Gasteiger partial charge is 0.374 e. The molecule has 0 radical (unpaired) electrons. The normalized spacial score (nSPS) is 12.2. The first-order chi connectivity index (χ1) is 20.5. The lowest BCUT2D eigenvalue weighted by molar-refractivity contribution is 0.0700. The molecule has 0 fully saturated rings. The molecule has 0 unspecified atom stereocenters. The van der Waals surface area contributed by atoms with Crippen LogP contribution in [0.1, 0.15) is 65.5 Å². The van der Waals surface area contributed by atoms with Crippen LogP contribution in [-0.4, -0.2) is 80.3 Å². The molecule has 0 aliphatic heterocycles. The fourth-order valence-corrected chi connectivity index (χ4v) is 10.0.